The number of carbonyl (C=O) groups is 3. The van der Waals surface area contributed by atoms with Gasteiger partial charge in [-0.3, -0.25) is 4.79 Å². The van der Waals surface area contributed by atoms with Gasteiger partial charge in [-0.25, -0.2) is 9.59 Å². The molecule has 2 aromatic rings. The maximum absolute atomic E-state index is 12.6. The molecule has 0 aromatic heterocycles. The molecule has 0 saturated carbocycles. The van der Waals surface area contributed by atoms with Crippen LogP contribution in [0.2, 0.25) is 0 Å². The van der Waals surface area contributed by atoms with Gasteiger partial charge in [-0.15, -0.1) is 0 Å². The van der Waals surface area contributed by atoms with Crippen molar-refractivity contribution in [2.24, 2.45) is 0 Å². The molecule has 3 rings (SSSR count). The van der Waals surface area contributed by atoms with E-state index in [-0.39, 0.29) is 23.2 Å². The number of carboxylic acids is 1. The lowest BCUT2D eigenvalue weighted by molar-refractivity contribution is -0.137. The van der Waals surface area contributed by atoms with E-state index in [1.807, 2.05) is 27.7 Å². The van der Waals surface area contributed by atoms with E-state index >= 15 is 0 Å². The average Bonchev–Trinajstić information content (AvgIpc) is 2.86. The molecule has 1 heterocycles. The van der Waals surface area contributed by atoms with Crippen LogP contribution in [0.15, 0.2) is 48.5 Å². The zero-order valence-electron chi connectivity index (χ0n) is 20.3. The average molecular weight is 496 g/mol. The molecule has 3 N–H and O–H groups in total. The SMILES string of the molecule is CC.CC.O=C(Nc1ccc(C(F)(F)F)cc1)NC1CCN(C(=O)c2ccc(C(=O)O)cc2)CC1. The largest absolute Gasteiger partial charge is 0.478 e. The normalized spacial score (nSPS) is 13.4. The van der Waals surface area contributed by atoms with E-state index in [4.69, 9.17) is 5.11 Å². The first-order valence-corrected chi connectivity index (χ1v) is 11.5. The van der Waals surface area contributed by atoms with E-state index in [2.05, 4.69) is 10.6 Å². The van der Waals surface area contributed by atoms with Crippen LogP contribution >= 0.6 is 0 Å². The van der Waals surface area contributed by atoms with Gasteiger partial charge in [0, 0.05) is 30.4 Å². The van der Waals surface area contributed by atoms with Crippen LogP contribution in [0.3, 0.4) is 0 Å². The predicted octanol–water partition coefficient (Wildman–Crippen LogP) is 5.88. The first kappa shape index (κ1) is 29.5. The van der Waals surface area contributed by atoms with Crippen molar-refractivity contribution in [1.82, 2.24) is 10.2 Å². The number of anilines is 1. The molecule has 0 aliphatic carbocycles. The molecule has 1 aliphatic rings. The Morgan fingerprint density at radius 2 is 1.34 bits per heavy atom. The number of benzene rings is 2. The Hall–Kier alpha value is -3.56. The summed E-state index contributed by atoms with van der Waals surface area (Å²) in [5.41, 5.74) is -0.0778. The molecular formula is C25H32F3N3O4. The molecule has 1 fully saturated rings. The molecule has 7 nitrogen and oxygen atoms in total. The number of alkyl halides is 3. The van der Waals surface area contributed by atoms with Crippen molar-refractivity contribution >= 4 is 23.6 Å². The third-order valence-corrected chi connectivity index (χ3v) is 4.97. The Bertz CT molecular complexity index is 953. The molecule has 1 saturated heterocycles. The third kappa shape index (κ3) is 8.95. The smallest absolute Gasteiger partial charge is 0.416 e. The summed E-state index contributed by atoms with van der Waals surface area (Å²) >= 11 is 0. The molecule has 0 bridgehead atoms. The molecular weight excluding hydrogens is 463 g/mol. The van der Waals surface area contributed by atoms with E-state index in [1.54, 1.807) is 4.90 Å². The molecule has 1 aliphatic heterocycles. The molecule has 2 aromatic carbocycles. The molecule has 3 amide bonds. The van der Waals surface area contributed by atoms with Gasteiger partial charge in [0.2, 0.25) is 0 Å². The lowest BCUT2D eigenvalue weighted by Gasteiger charge is -2.32. The van der Waals surface area contributed by atoms with Crippen molar-refractivity contribution in [3.05, 3.63) is 65.2 Å². The van der Waals surface area contributed by atoms with Crippen LogP contribution in [-0.2, 0) is 6.18 Å². The van der Waals surface area contributed by atoms with Crippen LogP contribution in [0.25, 0.3) is 0 Å². The van der Waals surface area contributed by atoms with Crippen molar-refractivity contribution < 1.29 is 32.7 Å². The fourth-order valence-electron chi connectivity index (χ4n) is 3.26. The van der Waals surface area contributed by atoms with Gasteiger partial charge in [-0.2, -0.15) is 13.2 Å². The Morgan fingerprint density at radius 1 is 0.857 bits per heavy atom. The number of nitrogens with one attached hydrogen (secondary N) is 2. The zero-order valence-corrected chi connectivity index (χ0v) is 20.3. The van der Waals surface area contributed by atoms with Crippen LogP contribution in [0.1, 0.15) is 66.8 Å². The molecule has 35 heavy (non-hydrogen) atoms. The minimum Gasteiger partial charge on any atom is -0.478 e. The lowest BCUT2D eigenvalue weighted by Crippen LogP contribution is -2.47. The van der Waals surface area contributed by atoms with Crippen LogP contribution in [0, 0.1) is 0 Å². The molecule has 0 radical (unpaired) electrons. The number of likely N-dealkylation sites (tertiary alicyclic amines) is 1. The number of rotatable bonds is 4. The number of hydrogen-bond acceptors (Lipinski definition) is 3. The molecule has 0 unspecified atom stereocenters. The van der Waals surface area contributed by atoms with Gasteiger partial charge in [0.1, 0.15) is 0 Å². The van der Waals surface area contributed by atoms with Gasteiger partial charge < -0.3 is 20.6 Å². The van der Waals surface area contributed by atoms with E-state index in [0.29, 0.717) is 31.5 Å². The van der Waals surface area contributed by atoms with Crippen molar-refractivity contribution in [1.29, 1.82) is 0 Å². The maximum atomic E-state index is 12.6. The van der Waals surface area contributed by atoms with Gasteiger partial charge in [0.25, 0.3) is 5.91 Å². The van der Waals surface area contributed by atoms with E-state index in [0.717, 1.165) is 12.1 Å². The van der Waals surface area contributed by atoms with E-state index < -0.39 is 23.7 Å². The fraction of sp³-hybridized carbons (Fsp3) is 0.400. The Kier molecular flexibility index (Phi) is 11.8. The Morgan fingerprint density at radius 3 is 1.80 bits per heavy atom. The number of amides is 3. The maximum Gasteiger partial charge on any atom is 0.416 e. The molecule has 192 valence electrons. The number of nitrogens with zero attached hydrogens (tertiary/aromatic N) is 1. The highest BCUT2D eigenvalue weighted by molar-refractivity contribution is 5.96. The summed E-state index contributed by atoms with van der Waals surface area (Å²) in [4.78, 5) is 37.2. The van der Waals surface area contributed by atoms with Crippen LogP contribution in [0.5, 0.6) is 0 Å². The summed E-state index contributed by atoms with van der Waals surface area (Å²) in [6.07, 6.45) is -3.41. The number of hydrogen-bond donors (Lipinski definition) is 3. The van der Waals surface area contributed by atoms with Crippen LogP contribution < -0.4 is 10.6 Å². The highest BCUT2D eigenvalue weighted by atomic mass is 19.4. The monoisotopic (exact) mass is 495 g/mol. The minimum atomic E-state index is -4.44. The summed E-state index contributed by atoms with van der Waals surface area (Å²) in [5.74, 6) is -1.29. The van der Waals surface area contributed by atoms with Gasteiger partial charge in [0.05, 0.1) is 11.1 Å². The number of aromatic carboxylic acids is 1. The minimum absolute atomic E-state index is 0.0958. The first-order chi connectivity index (χ1) is 16.6. The number of halogens is 3. The third-order valence-electron chi connectivity index (χ3n) is 4.97. The van der Waals surface area contributed by atoms with E-state index in [1.165, 1.54) is 36.4 Å². The van der Waals surface area contributed by atoms with Crippen molar-refractivity contribution in [2.75, 3.05) is 18.4 Å². The fourth-order valence-corrected chi connectivity index (χ4v) is 3.26. The molecule has 0 atom stereocenters. The summed E-state index contributed by atoms with van der Waals surface area (Å²) in [6.45, 7) is 8.81. The van der Waals surface area contributed by atoms with E-state index in [9.17, 15) is 27.6 Å². The number of carbonyl (C=O) groups excluding carboxylic acids is 2. The van der Waals surface area contributed by atoms with Gasteiger partial charge >= 0.3 is 18.2 Å². The highest BCUT2D eigenvalue weighted by Gasteiger charge is 2.30. The van der Waals surface area contributed by atoms with Crippen LogP contribution in [0.4, 0.5) is 23.7 Å². The molecule has 10 heteroatoms. The predicted molar refractivity (Wildman–Crippen MR) is 129 cm³/mol. The van der Waals surface area contributed by atoms with Gasteiger partial charge in [-0.1, -0.05) is 27.7 Å². The Balaban J connectivity index is 0.00000145. The molecule has 0 spiro atoms. The van der Waals surface area contributed by atoms with Gasteiger partial charge in [-0.05, 0) is 61.4 Å². The quantitative estimate of drug-likeness (QED) is 0.493. The van der Waals surface area contributed by atoms with Crippen LogP contribution in [-0.4, -0.2) is 47.0 Å². The zero-order chi connectivity index (χ0) is 26.6. The Labute approximate surface area is 203 Å². The summed E-state index contributed by atoms with van der Waals surface area (Å²) < 4.78 is 37.8. The number of carboxylic acid groups (broad SMARTS) is 1. The topological polar surface area (TPSA) is 98.7 Å². The number of piperidine rings is 1. The number of urea groups is 1. The second-order valence-corrected chi connectivity index (χ2v) is 7.12. The standard InChI is InChI=1S/C21H20F3N3O4.2C2H6/c22-21(23,24)15-5-7-16(8-6-15)25-20(31)26-17-9-11-27(12-10-17)18(28)13-1-3-14(4-2-13)19(29)30;2*1-2/h1-8,17H,9-12H2,(H,29,30)(H2,25,26,31);2*1-2H3. The van der Waals surface area contributed by atoms with Crippen molar-refractivity contribution in [3.8, 4) is 0 Å². The highest BCUT2D eigenvalue weighted by Crippen LogP contribution is 2.29. The lowest BCUT2D eigenvalue weighted by atomic mass is 10.0. The summed E-state index contributed by atoms with van der Waals surface area (Å²) in [7, 11) is 0. The van der Waals surface area contributed by atoms with Crippen molar-refractivity contribution in [3.63, 3.8) is 0 Å². The summed E-state index contributed by atoms with van der Waals surface area (Å²) in [6, 6.07) is 9.10. The second kappa shape index (κ2) is 14.0. The van der Waals surface area contributed by atoms with Gasteiger partial charge in [0.15, 0.2) is 0 Å². The second-order valence-electron chi connectivity index (χ2n) is 7.12. The van der Waals surface area contributed by atoms with Crippen molar-refractivity contribution in [2.45, 2.75) is 52.8 Å². The first-order valence-electron chi connectivity index (χ1n) is 11.5. The summed E-state index contributed by atoms with van der Waals surface area (Å²) in [5, 5.41) is 14.2.